The van der Waals surface area contributed by atoms with E-state index in [4.69, 9.17) is 4.74 Å². The first-order chi connectivity index (χ1) is 11.2. The highest BCUT2D eigenvalue weighted by Crippen LogP contribution is 2.25. The van der Waals surface area contributed by atoms with Crippen LogP contribution in [-0.4, -0.2) is 30.1 Å². The van der Waals surface area contributed by atoms with Crippen LogP contribution in [0.1, 0.15) is 11.1 Å². The molecule has 0 radical (unpaired) electrons. The number of nitrogens with zero attached hydrogens (tertiary/aromatic N) is 1. The van der Waals surface area contributed by atoms with Crippen LogP contribution in [0.25, 0.3) is 0 Å². The first kappa shape index (κ1) is 16.9. The Bertz CT molecular complexity index is 675. The fourth-order valence-corrected chi connectivity index (χ4v) is 2.60. The predicted molar refractivity (Wildman–Crippen MR) is 93.0 cm³/mol. The van der Waals surface area contributed by atoms with Crippen LogP contribution in [0.2, 0.25) is 0 Å². The molecule has 2 rings (SSSR count). The van der Waals surface area contributed by atoms with Gasteiger partial charge in [-0.15, -0.1) is 11.8 Å². The van der Waals surface area contributed by atoms with Gasteiger partial charge < -0.3 is 9.84 Å². The lowest BCUT2D eigenvalue weighted by molar-refractivity contribution is -0.118. The molecular formula is C17H18N2O3S. The highest BCUT2D eigenvalue weighted by Gasteiger charge is 2.02. The number of aromatic hydroxyl groups is 1. The molecule has 0 unspecified atom stereocenters. The molecule has 0 heterocycles. The molecule has 0 aliphatic carbocycles. The number of thioether (sulfide) groups is 1. The number of nitrogens with one attached hydrogen (secondary N) is 1. The molecule has 120 valence electrons. The van der Waals surface area contributed by atoms with Crippen LogP contribution in [-0.2, 0) is 10.5 Å². The molecular weight excluding hydrogens is 312 g/mol. The van der Waals surface area contributed by atoms with Crippen molar-refractivity contribution in [1.82, 2.24) is 5.43 Å². The van der Waals surface area contributed by atoms with E-state index in [1.807, 2.05) is 30.3 Å². The van der Waals surface area contributed by atoms with Gasteiger partial charge in [0.2, 0.25) is 5.91 Å². The quantitative estimate of drug-likeness (QED) is 0.605. The molecule has 2 aromatic rings. The largest absolute Gasteiger partial charge is 0.504 e. The van der Waals surface area contributed by atoms with Crippen LogP contribution in [0.15, 0.2) is 53.6 Å². The van der Waals surface area contributed by atoms with Crippen LogP contribution in [0.4, 0.5) is 0 Å². The average molecular weight is 330 g/mol. The van der Waals surface area contributed by atoms with Crippen LogP contribution in [0.3, 0.4) is 0 Å². The number of hydrogen-bond donors (Lipinski definition) is 2. The van der Waals surface area contributed by atoms with Crippen molar-refractivity contribution in [3.8, 4) is 11.5 Å². The fraction of sp³-hybridized carbons (Fsp3) is 0.176. The number of ether oxygens (including phenoxy) is 1. The van der Waals surface area contributed by atoms with Gasteiger partial charge in [0.1, 0.15) is 0 Å². The highest BCUT2D eigenvalue weighted by molar-refractivity contribution is 7.99. The highest BCUT2D eigenvalue weighted by atomic mass is 32.2. The van der Waals surface area contributed by atoms with Gasteiger partial charge in [0.25, 0.3) is 0 Å². The molecule has 0 saturated heterocycles. The van der Waals surface area contributed by atoms with Gasteiger partial charge in [0.05, 0.1) is 19.1 Å². The lowest BCUT2D eigenvalue weighted by atomic mass is 10.2. The molecule has 0 spiro atoms. The zero-order chi connectivity index (χ0) is 16.5. The van der Waals surface area contributed by atoms with E-state index in [0.29, 0.717) is 11.5 Å². The molecule has 2 N–H and O–H groups in total. The fourth-order valence-electron chi connectivity index (χ4n) is 1.82. The summed E-state index contributed by atoms with van der Waals surface area (Å²) in [5.41, 5.74) is 4.38. The third-order valence-corrected chi connectivity index (χ3v) is 3.96. The maximum atomic E-state index is 11.7. The molecule has 5 nitrogen and oxygen atoms in total. The van der Waals surface area contributed by atoms with Gasteiger partial charge in [-0.05, 0) is 29.3 Å². The monoisotopic (exact) mass is 330 g/mol. The Morgan fingerprint density at radius 3 is 2.83 bits per heavy atom. The van der Waals surface area contributed by atoms with Gasteiger partial charge in [0.15, 0.2) is 11.5 Å². The molecule has 1 amide bonds. The van der Waals surface area contributed by atoms with Crippen molar-refractivity contribution in [2.75, 3.05) is 12.9 Å². The lowest BCUT2D eigenvalue weighted by Gasteiger charge is -2.03. The van der Waals surface area contributed by atoms with Crippen molar-refractivity contribution in [2.45, 2.75) is 5.75 Å². The Kier molecular flexibility index (Phi) is 6.50. The second-order valence-electron chi connectivity index (χ2n) is 4.70. The molecule has 0 bridgehead atoms. The summed E-state index contributed by atoms with van der Waals surface area (Å²) in [6.45, 7) is 0. The van der Waals surface area contributed by atoms with E-state index in [1.54, 1.807) is 12.1 Å². The van der Waals surface area contributed by atoms with E-state index < -0.39 is 0 Å². The van der Waals surface area contributed by atoms with Gasteiger partial charge in [-0.25, -0.2) is 5.43 Å². The number of phenolic OH excluding ortho intramolecular Hbond substituents is 1. The van der Waals surface area contributed by atoms with Crippen molar-refractivity contribution in [1.29, 1.82) is 0 Å². The Labute approximate surface area is 139 Å². The molecule has 0 aliphatic heterocycles. The van der Waals surface area contributed by atoms with Crippen LogP contribution in [0.5, 0.6) is 11.5 Å². The van der Waals surface area contributed by atoms with Crippen molar-refractivity contribution in [3.63, 3.8) is 0 Å². The summed E-state index contributed by atoms with van der Waals surface area (Å²) in [5, 5.41) is 13.4. The lowest BCUT2D eigenvalue weighted by Crippen LogP contribution is -2.19. The molecule has 0 saturated carbocycles. The second kappa shape index (κ2) is 8.85. The Morgan fingerprint density at radius 2 is 2.09 bits per heavy atom. The summed E-state index contributed by atoms with van der Waals surface area (Å²) >= 11 is 1.53. The van der Waals surface area contributed by atoms with Crippen LogP contribution < -0.4 is 10.2 Å². The Balaban J connectivity index is 1.75. The summed E-state index contributed by atoms with van der Waals surface area (Å²) in [7, 11) is 1.47. The van der Waals surface area contributed by atoms with E-state index in [1.165, 1.54) is 36.7 Å². The zero-order valence-corrected chi connectivity index (χ0v) is 13.5. The number of carbonyl (C=O) groups excluding carboxylic acids is 1. The van der Waals surface area contributed by atoms with Gasteiger partial charge in [-0.3, -0.25) is 4.79 Å². The Hall–Kier alpha value is -2.47. The molecule has 0 fully saturated rings. The number of rotatable bonds is 7. The average Bonchev–Trinajstić information content (AvgIpc) is 2.57. The smallest absolute Gasteiger partial charge is 0.250 e. The third kappa shape index (κ3) is 5.67. The first-order valence-electron chi connectivity index (χ1n) is 6.99. The van der Waals surface area contributed by atoms with E-state index in [0.717, 1.165) is 11.3 Å². The second-order valence-corrected chi connectivity index (χ2v) is 5.69. The van der Waals surface area contributed by atoms with Crippen LogP contribution in [0, 0.1) is 0 Å². The molecule has 0 aromatic heterocycles. The molecule has 0 aliphatic rings. The standard InChI is InChI=1S/C17H18N2O3S/c1-22-16-9-14(7-8-15(16)20)10-18-19-17(21)12-23-11-13-5-3-2-4-6-13/h2-10,20H,11-12H2,1H3,(H,19,21)/b18-10-. The number of hydrazone groups is 1. The van der Waals surface area contributed by atoms with Crippen LogP contribution >= 0.6 is 11.8 Å². The minimum absolute atomic E-state index is 0.0611. The minimum atomic E-state index is -0.159. The summed E-state index contributed by atoms with van der Waals surface area (Å²) < 4.78 is 5.01. The van der Waals surface area contributed by atoms with Crippen molar-refractivity contribution < 1.29 is 14.6 Å². The number of hydrogen-bond acceptors (Lipinski definition) is 5. The number of amides is 1. The topological polar surface area (TPSA) is 70.9 Å². The number of phenols is 1. The van der Waals surface area contributed by atoms with Crippen molar-refractivity contribution in [2.24, 2.45) is 5.10 Å². The van der Waals surface area contributed by atoms with E-state index >= 15 is 0 Å². The van der Waals surface area contributed by atoms with Crippen molar-refractivity contribution in [3.05, 3.63) is 59.7 Å². The Morgan fingerprint density at radius 1 is 1.30 bits per heavy atom. The first-order valence-corrected chi connectivity index (χ1v) is 8.15. The van der Waals surface area contributed by atoms with Gasteiger partial charge in [0, 0.05) is 5.75 Å². The van der Waals surface area contributed by atoms with E-state index in [9.17, 15) is 9.90 Å². The molecule has 2 aromatic carbocycles. The molecule has 6 heteroatoms. The molecule has 0 atom stereocenters. The van der Waals surface area contributed by atoms with Gasteiger partial charge >= 0.3 is 0 Å². The van der Waals surface area contributed by atoms with E-state index in [-0.39, 0.29) is 11.7 Å². The maximum Gasteiger partial charge on any atom is 0.250 e. The van der Waals surface area contributed by atoms with Gasteiger partial charge in [-0.2, -0.15) is 5.10 Å². The maximum absolute atomic E-state index is 11.7. The summed E-state index contributed by atoms with van der Waals surface area (Å²) in [6.07, 6.45) is 1.50. The third-order valence-electron chi connectivity index (χ3n) is 2.95. The SMILES string of the molecule is COc1cc(/C=N\NC(=O)CSCc2ccccc2)ccc1O. The van der Waals surface area contributed by atoms with Gasteiger partial charge in [-0.1, -0.05) is 30.3 Å². The zero-order valence-electron chi connectivity index (χ0n) is 12.7. The van der Waals surface area contributed by atoms with Crippen molar-refractivity contribution >= 4 is 23.9 Å². The summed E-state index contributed by atoms with van der Waals surface area (Å²) in [5.74, 6) is 1.38. The summed E-state index contributed by atoms with van der Waals surface area (Å²) in [6, 6.07) is 14.8. The number of benzene rings is 2. The number of methoxy groups -OCH3 is 1. The molecule has 23 heavy (non-hydrogen) atoms. The number of carbonyl (C=O) groups is 1. The normalized spacial score (nSPS) is 10.7. The predicted octanol–water partition coefficient (Wildman–Crippen LogP) is 2.78. The summed E-state index contributed by atoms with van der Waals surface area (Å²) in [4.78, 5) is 11.7. The minimum Gasteiger partial charge on any atom is -0.504 e. The van der Waals surface area contributed by atoms with E-state index in [2.05, 4.69) is 10.5 Å².